The molecule has 0 unspecified atom stereocenters. The zero-order chi connectivity index (χ0) is 31.7. The standard InChI is InChI=1S/C34H28I2N2O7/c1-44-25-13-20(39)14-26(45-2)30(25)28-21-11-12-22-27(33(42)37(31(22)40)18-7-3-16(35)4-8-18)23(21)15-24-29(28)34(43)38(32(24)41)19-9-5-17(36)6-10-19/h3-11,13-14,22-24,27-29,39H,12,15H2,1-2H3/t22-,23+,24+,27-,28-,29+/m0/s1. The third-order valence-electron chi connectivity index (χ3n) is 9.66. The second-order valence-corrected chi connectivity index (χ2v) is 14.3. The Hall–Kier alpha value is -3.46. The fraction of sp³-hybridized carbons (Fsp3) is 0.294. The quantitative estimate of drug-likeness (QED) is 0.201. The Bertz CT molecular complexity index is 1760. The highest BCUT2D eigenvalue weighted by Gasteiger charge is 2.63. The van der Waals surface area contributed by atoms with Crippen LogP contribution in [0.4, 0.5) is 11.4 Å². The van der Waals surface area contributed by atoms with E-state index >= 15 is 0 Å². The van der Waals surface area contributed by atoms with Crippen LogP contribution in [0.3, 0.4) is 0 Å². The molecule has 0 spiro atoms. The Morgan fingerprint density at radius 3 is 1.69 bits per heavy atom. The number of methoxy groups -OCH3 is 2. The van der Waals surface area contributed by atoms with Crippen LogP contribution in [0, 0.1) is 36.7 Å². The summed E-state index contributed by atoms with van der Waals surface area (Å²) in [5.74, 6) is -4.68. The van der Waals surface area contributed by atoms with Crippen molar-refractivity contribution < 1.29 is 33.8 Å². The summed E-state index contributed by atoms with van der Waals surface area (Å²) in [6.07, 6.45) is 2.55. The van der Waals surface area contributed by atoms with Gasteiger partial charge in [-0.2, -0.15) is 0 Å². The second-order valence-electron chi connectivity index (χ2n) is 11.8. The lowest BCUT2D eigenvalue weighted by atomic mass is 9.57. The first-order chi connectivity index (χ1) is 21.6. The molecule has 9 nitrogen and oxygen atoms in total. The van der Waals surface area contributed by atoms with E-state index in [0.29, 0.717) is 34.9 Å². The fourth-order valence-electron chi connectivity index (χ4n) is 7.83. The number of aromatic hydroxyl groups is 1. The molecule has 2 aliphatic carbocycles. The Morgan fingerprint density at radius 2 is 1.18 bits per heavy atom. The van der Waals surface area contributed by atoms with Crippen LogP contribution in [0.2, 0.25) is 0 Å². The van der Waals surface area contributed by atoms with E-state index in [-0.39, 0.29) is 35.8 Å². The summed E-state index contributed by atoms with van der Waals surface area (Å²) in [4.78, 5) is 59.1. The van der Waals surface area contributed by atoms with Crippen LogP contribution in [0.5, 0.6) is 17.2 Å². The number of hydrogen-bond donors (Lipinski definition) is 1. The molecule has 1 saturated carbocycles. The number of anilines is 2. The summed E-state index contributed by atoms with van der Waals surface area (Å²) >= 11 is 4.35. The van der Waals surface area contributed by atoms with Gasteiger partial charge in [0.05, 0.1) is 49.3 Å². The first-order valence-electron chi connectivity index (χ1n) is 14.6. The van der Waals surface area contributed by atoms with Crippen LogP contribution >= 0.6 is 45.2 Å². The molecule has 1 N–H and O–H groups in total. The van der Waals surface area contributed by atoms with Crippen LogP contribution in [0.15, 0.2) is 72.3 Å². The summed E-state index contributed by atoms with van der Waals surface area (Å²) in [5, 5.41) is 10.5. The average Bonchev–Trinajstić information content (AvgIpc) is 3.44. The average molecular weight is 830 g/mol. The van der Waals surface area contributed by atoms with Crippen LogP contribution in [-0.2, 0) is 19.2 Å². The van der Waals surface area contributed by atoms with Crippen molar-refractivity contribution in [2.75, 3.05) is 24.0 Å². The number of carbonyl (C=O) groups excluding carboxylic acids is 4. The van der Waals surface area contributed by atoms with E-state index in [2.05, 4.69) is 45.2 Å². The molecular formula is C34H28I2N2O7. The normalized spacial score (nSPS) is 27.2. The number of ether oxygens (including phenoxy) is 2. The Balaban J connectivity index is 1.38. The predicted octanol–water partition coefficient (Wildman–Crippen LogP) is 5.66. The molecule has 3 aromatic rings. The van der Waals surface area contributed by atoms with Crippen molar-refractivity contribution in [1.82, 2.24) is 0 Å². The molecular weight excluding hydrogens is 802 g/mol. The number of allylic oxidation sites excluding steroid dienone is 2. The predicted molar refractivity (Wildman–Crippen MR) is 182 cm³/mol. The number of halogens is 2. The van der Waals surface area contributed by atoms with Gasteiger partial charge in [0.25, 0.3) is 0 Å². The van der Waals surface area contributed by atoms with Gasteiger partial charge in [-0.05, 0) is 112 Å². The zero-order valence-electron chi connectivity index (χ0n) is 24.3. The van der Waals surface area contributed by atoms with Crippen LogP contribution in [-0.4, -0.2) is 43.0 Å². The number of carbonyl (C=O) groups is 4. The minimum absolute atomic E-state index is 0.0758. The zero-order valence-corrected chi connectivity index (χ0v) is 28.6. The number of phenolic OH excluding ortho intramolecular Hbond substituents is 1. The molecule has 2 heterocycles. The maximum atomic E-state index is 14.4. The molecule has 7 rings (SSSR count). The molecule has 4 amide bonds. The minimum Gasteiger partial charge on any atom is -0.508 e. The minimum atomic E-state index is -0.803. The summed E-state index contributed by atoms with van der Waals surface area (Å²) < 4.78 is 13.4. The van der Waals surface area contributed by atoms with Gasteiger partial charge in [-0.25, -0.2) is 0 Å². The van der Waals surface area contributed by atoms with Gasteiger partial charge in [0.2, 0.25) is 23.6 Å². The molecule has 3 fully saturated rings. The highest BCUT2D eigenvalue weighted by molar-refractivity contribution is 14.1. The first kappa shape index (κ1) is 30.2. The SMILES string of the molecule is COc1cc(O)cc(OC)c1[C@H]1C2=CC[C@@H]3C(=O)N(c4ccc(I)cc4)C(=O)[C@@H]3[C@@H]2C[C@H]2C(=O)N(c3ccc(I)cc3)C(=O)[C@@H]12. The van der Waals surface area contributed by atoms with E-state index in [0.717, 1.165) is 12.7 Å². The van der Waals surface area contributed by atoms with Gasteiger partial charge in [-0.3, -0.25) is 29.0 Å². The van der Waals surface area contributed by atoms with Crippen LogP contribution < -0.4 is 19.3 Å². The molecule has 2 saturated heterocycles. The van der Waals surface area contributed by atoms with Crippen molar-refractivity contribution in [3.8, 4) is 17.2 Å². The van der Waals surface area contributed by atoms with Crippen molar-refractivity contribution in [2.24, 2.45) is 29.6 Å². The van der Waals surface area contributed by atoms with Gasteiger partial charge in [-0.15, -0.1) is 0 Å². The van der Waals surface area contributed by atoms with Gasteiger partial charge in [0.15, 0.2) is 0 Å². The molecule has 4 aliphatic rings. The van der Waals surface area contributed by atoms with Crippen molar-refractivity contribution in [3.63, 3.8) is 0 Å². The van der Waals surface area contributed by atoms with Gasteiger partial charge in [0, 0.05) is 30.8 Å². The summed E-state index contributed by atoms with van der Waals surface area (Å²) in [5.41, 5.74) is 2.34. The molecule has 2 aliphatic heterocycles. The smallest absolute Gasteiger partial charge is 0.238 e. The molecule has 45 heavy (non-hydrogen) atoms. The van der Waals surface area contributed by atoms with Crippen molar-refractivity contribution in [3.05, 3.63) is 85.0 Å². The number of hydrogen-bond acceptors (Lipinski definition) is 7. The summed E-state index contributed by atoms with van der Waals surface area (Å²) in [6.45, 7) is 0. The van der Waals surface area contributed by atoms with Gasteiger partial charge >= 0.3 is 0 Å². The number of imide groups is 2. The van der Waals surface area contributed by atoms with E-state index < -0.39 is 35.5 Å². The fourth-order valence-corrected chi connectivity index (χ4v) is 8.55. The highest BCUT2D eigenvalue weighted by atomic mass is 127. The number of nitrogens with zero attached hydrogens (tertiary/aromatic N) is 2. The van der Waals surface area contributed by atoms with Crippen molar-refractivity contribution in [1.29, 1.82) is 0 Å². The Kier molecular flexibility index (Phi) is 7.66. The number of rotatable bonds is 5. The monoisotopic (exact) mass is 830 g/mol. The molecule has 0 radical (unpaired) electrons. The highest BCUT2D eigenvalue weighted by Crippen LogP contribution is 2.61. The van der Waals surface area contributed by atoms with E-state index in [9.17, 15) is 24.3 Å². The number of amides is 4. The van der Waals surface area contributed by atoms with Crippen molar-refractivity contribution in [2.45, 2.75) is 18.8 Å². The third kappa shape index (κ3) is 4.67. The van der Waals surface area contributed by atoms with Gasteiger partial charge in [-0.1, -0.05) is 11.6 Å². The van der Waals surface area contributed by atoms with Crippen LogP contribution in [0.25, 0.3) is 0 Å². The first-order valence-corrected chi connectivity index (χ1v) is 16.7. The number of fused-ring (bicyclic) bond motifs is 4. The van der Waals surface area contributed by atoms with Crippen molar-refractivity contribution >= 4 is 80.2 Å². The lowest BCUT2D eigenvalue weighted by molar-refractivity contribution is -0.126. The molecule has 3 aromatic carbocycles. The van der Waals surface area contributed by atoms with E-state index in [1.54, 1.807) is 24.3 Å². The summed E-state index contributed by atoms with van der Waals surface area (Å²) in [6, 6.07) is 17.4. The molecule has 230 valence electrons. The third-order valence-corrected chi connectivity index (χ3v) is 11.1. The summed E-state index contributed by atoms with van der Waals surface area (Å²) in [7, 11) is 2.94. The number of benzene rings is 3. The largest absolute Gasteiger partial charge is 0.508 e. The van der Waals surface area contributed by atoms with E-state index in [4.69, 9.17) is 9.47 Å². The van der Waals surface area contributed by atoms with Crippen LogP contribution in [0.1, 0.15) is 24.3 Å². The molecule has 0 aromatic heterocycles. The van der Waals surface area contributed by atoms with E-state index in [1.807, 2.05) is 30.3 Å². The lowest BCUT2D eigenvalue weighted by Gasteiger charge is -2.44. The molecule has 11 heteroatoms. The molecule has 0 bridgehead atoms. The Morgan fingerprint density at radius 1 is 0.689 bits per heavy atom. The van der Waals surface area contributed by atoms with Gasteiger partial charge in [0.1, 0.15) is 17.2 Å². The Labute approximate surface area is 286 Å². The van der Waals surface area contributed by atoms with E-state index in [1.165, 1.54) is 36.2 Å². The number of phenols is 1. The maximum Gasteiger partial charge on any atom is 0.238 e. The topological polar surface area (TPSA) is 113 Å². The second kappa shape index (κ2) is 11.4. The lowest BCUT2D eigenvalue weighted by Crippen LogP contribution is -2.43. The molecule has 6 atom stereocenters. The van der Waals surface area contributed by atoms with Gasteiger partial charge < -0.3 is 14.6 Å². The maximum absolute atomic E-state index is 14.4.